The van der Waals surface area contributed by atoms with Gasteiger partial charge in [-0.05, 0) is 43.9 Å². The molecule has 28 heavy (non-hydrogen) atoms. The molecule has 0 bridgehead atoms. The summed E-state index contributed by atoms with van der Waals surface area (Å²) in [5.74, 6) is 0.642. The van der Waals surface area contributed by atoms with Crippen molar-refractivity contribution in [3.8, 4) is 5.75 Å². The fraction of sp³-hybridized carbons (Fsp3) is 0.619. The molecule has 2 fully saturated rings. The smallest absolute Gasteiger partial charge is 0.260 e. The molecule has 1 aromatic rings. The predicted octanol–water partition coefficient (Wildman–Crippen LogP) is 1.63. The van der Waals surface area contributed by atoms with Gasteiger partial charge >= 0.3 is 0 Å². The van der Waals surface area contributed by atoms with Crippen molar-refractivity contribution in [1.29, 1.82) is 0 Å². The SMILES string of the molecule is COCC(=O)N(C1CCOCC1)C1CCN(C(=O)COc2cccc(C)c2)C1. The van der Waals surface area contributed by atoms with Crippen molar-refractivity contribution in [1.82, 2.24) is 9.80 Å². The van der Waals surface area contributed by atoms with Crippen LogP contribution in [0.25, 0.3) is 0 Å². The molecule has 0 aromatic heterocycles. The average Bonchev–Trinajstić information content (AvgIpc) is 3.17. The number of benzene rings is 1. The van der Waals surface area contributed by atoms with Crippen LogP contribution in [0.15, 0.2) is 24.3 Å². The summed E-state index contributed by atoms with van der Waals surface area (Å²) in [6, 6.07) is 7.84. The van der Waals surface area contributed by atoms with E-state index in [0.717, 1.165) is 24.8 Å². The van der Waals surface area contributed by atoms with E-state index in [0.29, 0.717) is 32.1 Å². The molecule has 154 valence electrons. The second kappa shape index (κ2) is 9.89. The number of carbonyl (C=O) groups excluding carboxylic acids is 2. The lowest BCUT2D eigenvalue weighted by Gasteiger charge is -2.38. The summed E-state index contributed by atoms with van der Waals surface area (Å²) in [4.78, 5) is 29.0. The lowest BCUT2D eigenvalue weighted by molar-refractivity contribution is -0.143. The number of amides is 2. The molecule has 0 radical (unpaired) electrons. The lowest BCUT2D eigenvalue weighted by atomic mass is 10.0. The Morgan fingerprint density at radius 3 is 2.68 bits per heavy atom. The predicted molar refractivity (Wildman–Crippen MR) is 104 cm³/mol. The summed E-state index contributed by atoms with van der Waals surface area (Å²) in [6.07, 6.45) is 2.44. The zero-order valence-electron chi connectivity index (χ0n) is 16.8. The molecule has 1 unspecified atom stereocenters. The molecule has 2 aliphatic rings. The van der Waals surface area contributed by atoms with Crippen LogP contribution in [-0.4, -0.2) is 80.3 Å². The molecule has 2 heterocycles. The van der Waals surface area contributed by atoms with Gasteiger partial charge in [-0.2, -0.15) is 0 Å². The zero-order valence-corrected chi connectivity index (χ0v) is 16.8. The van der Waals surface area contributed by atoms with E-state index in [1.165, 1.54) is 7.11 Å². The minimum absolute atomic E-state index is 0.00953. The number of methoxy groups -OCH3 is 1. The minimum atomic E-state index is -0.0462. The van der Waals surface area contributed by atoms with E-state index in [2.05, 4.69) is 0 Å². The largest absolute Gasteiger partial charge is 0.484 e. The molecule has 1 atom stereocenters. The molecule has 3 rings (SSSR count). The Labute approximate surface area is 166 Å². The van der Waals surface area contributed by atoms with Gasteiger partial charge in [0.05, 0.1) is 6.04 Å². The second-order valence-corrected chi connectivity index (χ2v) is 7.47. The van der Waals surface area contributed by atoms with Crippen LogP contribution in [0.3, 0.4) is 0 Å². The summed E-state index contributed by atoms with van der Waals surface area (Å²) in [6.45, 7) is 4.59. The summed E-state index contributed by atoms with van der Waals surface area (Å²) < 4.78 is 16.2. The van der Waals surface area contributed by atoms with Gasteiger partial charge in [0.25, 0.3) is 5.91 Å². The Morgan fingerprint density at radius 1 is 1.18 bits per heavy atom. The van der Waals surface area contributed by atoms with Crippen LogP contribution in [0.1, 0.15) is 24.8 Å². The van der Waals surface area contributed by atoms with Gasteiger partial charge in [-0.25, -0.2) is 0 Å². The average molecular weight is 390 g/mol. The fourth-order valence-electron chi connectivity index (χ4n) is 4.00. The highest BCUT2D eigenvalue weighted by atomic mass is 16.5. The molecular formula is C21H30N2O5. The summed E-state index contributed by atoms with van der Waals surface area (Å²) in [5, 5.41) is 0. The van der Waals surface area contributed by atoms with Gasteiger partial charge in [0.15, 0.2) is 6.61 Å². The first-order chi connectivity index (χ1) is 13.6. The third-order valence-corrected chi connectivity index (χ3v) is 5.40. The number of rotatable bonds is 7. The molecular weight excluding hydrogens is 360 g/mol. The van der Waals surface area contributed by atoms with Crippen LogP contribution in [0.4, 0.5) is 0 Å². The van der Waals surface area contributed by atoms with Crippen LogP contribution >= 0.6 is 0 Å². The van der Waals surface area contributed by atoms with Gasteiger partial charge in [-0.3, -0.25) is 9.59 Å². The number of hydrogen-bond donors (Lipinski definition) is 0. The number of carbonyl (C=O) groups is 2. The van der Waals surface area contributed by atoms with Crippen molar-refractivity contribution in [3.63, 3.8) is 0 Å². The van der Waals surface area contributed by atoms with Crippen molar-refractivity contribution in [2.45, 2.75) is 38.3 Å². The summed E-state index contributed by atoms with van der Waals surface area (Å²) in [5.41, 5.74) is 1.09. The van der Waals surface area contributed by atoms with E-state index in [1.54, 1.807) is 4.90 Å². The molecule has 0 spiro atoms. The van der Waals surface area contributed by atoms with E-state index in [-0.39, 0.29) is 37.1 Å². The quantitative estimate of drug-likeness (QED) is 0.708. The Morgan fingerprint density at radius 2 is 1.96 bits per heavy atom. The topological polar surface area (TPSA) is 68.3 Å². The maximum atomic E-state index is 12.7. The van der Waals surface area contributed by atoms with Crippen LogP contribution in [-0.2, 0) is 19.1 Å². The number of likely N-dealkylation sites (tertiary alicyclic amines) is 1. The van der Waals surface area contributed by atoms with Crippen molar-refractivity contribution >= 4 is 11.8 Å². The van der Waals surface area contributed by atoms with Crippen molar-refractivity contribution < 1.29 is 23.8 Å². The molecule has 0 saturated carbocycles. The molecule has 0 N–H and O–H groups in total. The van der Waals surface area contributed by atoms with Crippen molar-refractivity contribution in [2.24, 2.45) is 0 Å². The first-order valence-electron chi connectivity index (χ1n) is 9.93. The van der Waals surface area contributed by atoms with Crippen LogP contribution in [0, 0.1) is 6.92 Å². The second-order valence-electron chi connectivity index (χ2n) is 7.47. The van der Waals surface area contributed by atoms with Gasteiger partial charge in [0.1, 0.15) is 12.4 Å². The van der Waals surface area contributed by atoms with Crippen molar-refractivity contribution in [3.05, 3.63) is 29.8 Å². The molecule has 7 nitrogen and oxygen atoms in total. The van der Waals surface area contributed by atoms with Gasteiger partial charge in [0.2, 0.25) is 5.91 Å². The maximum Gasteiger partial charge on any atom is 0.260 e. The van der Waals surface area contributed by atoms with Gasteiger partial charge in [-0.15, -0.1) is 0 Å². The molecule has 1 aromatic carbocycles. The maximum absolute atomic E-state index is 12.7. The van der Waals surface area contributed by atoms with E-state index in [9.17, 15) is 9.59 Å². The summed E-state index contributed by atoms with van der Waals surface area (Å²) >= 11 is 0. The first-order valence-corrected chi connectivity index (χ1v) is 9.93. The normalized spacial score (nSPS) is 20.2. The van der Waals surface area contributed by atoms with Crippen LogP contribution in [0.2, 0.25) is 0 Å². The van der Waals surface area contributed by atoms with Crippen molar-refractivity contribution in [2.75, 3.05) is 46.6 Å². The highest BCUT2D eigenvalue weighted by Gasteiger charge is 2.37. The van der Waals surface area contributed by atoms with Gasteiger partial charge in [0, 0.05) is 39.5 Å². The highest BCUT2D eigenvalue weighted by molar-refractivity contribution is 5.80. The minimum Gasteiger partial charge on any atom is -0.484 e. The number of hydrogen-bond acceptors (Lipinski definition) is 5. The Balaban J connectivity index is 1.57. The fourth-order valence-corrected chi connectivity index (χ4v) is 4.00. The van der Waals surface area contributed by atoms with E-state index < -0.39 is 0 Å². The molecule has 2 aliphatic heterocycles. The third-order valence-electron chi connectivity index (χ3n) is 5.40. The van der Waals surface area contributed by atoms with Crippen LogP contribution < -0.4 is 4.74 Å². The van der Waals surface area contributed by atoms with E-state index >= 15 is 0 Å². The van der Waals surface area contributed by atoms with Gasteiger partial charge < -0.3 is 24.0 Å². The Kier molecular flexibility index (Phi) is 7.28. The lowest BCUT2D eigenvalue weighted by Crippen LogP contribution is -2.51. The first kappa shape index (κ1) is 20.6. The molecule has 2 amide bonds. The molecule has 0 aliphatic carbocycles. The highest BCUT2D eigenvalue weighted by Crippen LogP contribution is 2.24. The van der Waals surface area contributed by atoms with E-state index in [1.807, 2.05) is 36.1 Å². The number of nitrogens with zero attached hydrogens (tertiary/aromatic N) is 2. The number of ether oxygens (including phenoxy) is 3. The van der Waals surface area contributed by atoms with Gasteiger partial charge in [-0.1, -0.05) is 12.1 Å². The van der Waals surface area contributed by atoms with Crippen LogP contribution in [0.5, 0.6) is 5.75 Å². The zero-order chi connectivity index (χ0) is 19.9. The third kappa shape index (κ3) is 5.23. The Hall–Kier alpha value is -2.12. The molecule has 7 heteroatoms. The van der Waals surface area contributed by atoms with E-state index in [4.69, 9.17) is 14.2 Å². The standard InChI is InChI=1S/C21H30N2O5/c1-16-4-3-5-19(12-16)28-15-20(24)22-9-6-18(13-22)23(21(25)14-26-2)17-7-10-27-11-8-17/h3-5,12,17-18H,6-11,13-15H2,1-2H3. The molecule has 2 saturated heterocycles. The monoisotopic (exact) mass is 390 g/mol. The Bertz CT molecular complexity index is 675. The number of aryl methyl sites for hydroxylation is 1. The summed E-state index contributed by atoms with van der Waals surface area (Å²) in [7, 11) is 1.53.